The van der Waals surface area contributed by atoms with Gasteiger partial charge in [-0.1, -0.05) is 0 Å². The summed E-state index contributed by atoms with van der Waals surface area (Å²) in [6.07, 6.45) is 1.24. The molecule has 0 atom stereocenters. The molecule has 64 valence electrons. The highest BCUT2D eigenvalue weighted by Crippen LogP contribution is 2.08. The molecule has 5 heteroatoms. The van der Waals surface area contributed by atoms with Gasteiger partial charge in [-0.25, -0.2) is 4.98 Å². The SMILES string of the molecule is NCC(=O)Nc1ccc(O)cn1. The van der Waals surface area contributed by atoms with Gasteiger partial charge in [0.25, 0.3) is 0 Å². The molecule has 1 aromatic heterocycles. The molecular weight excluding hydrogens is 158 g/mol. The highest BCUT2D eigenvalue weighted by Gasteiger charge is 1.98. The number of nitrogens with two attached hydrogens (primary N) is 1. The van der Waals surface area contributed by atoms with Crippen LogP contribution in [-0.2, 0) is 4.79 Å². The smallest absolute Gasteiger partial charge is 0.239 e. The van der Waals surface area contributed by atoms with Crippen LogP contribution in [0.5, 0.6) is 5.75 Å². The van der Waals surface area contributed by atoms with Gasteiger partial charge < -0.3 is 16.2 Å². The third kappa shape index (κ3) is 2.21. The molecule has 1 heterocycles. The van der Waals surface area contributed by atoms with Crippen molar-refractivity contribution in [1.82, 2.24) is 4.98 Å². The molecule has 0 unspecified atom stereocenters. The third-order valence-electron chi connectivity index (χ3n) is 1.20. The second kappa shape index (κ2) is 3.68. The molecule has 1 amide bonds. The van der Waals surface area contributed by atoms with Crippen LogP contribution in [-0.4, -0.2) is 22.5 Å². The molecule has 12 heavy (non-hydrogen) atoms. The number of hydrogen-bond acceptors (Lipinski definition) is 4. The maximum atomic E-state index is 10.7. The molecule has 0 aromatic carbocycles. The Kier molecular flexibility index (Phi) is 2.60. The van der Waals surface area contributed by atoms with Crippen LogP contribution in [0.2, 0.25) is 0 Å². The summed E-state index contributed by atoms with van der Waals surface area (Å²) in [5.41, 5.74) is 5.06. The second-order valence-corrected chi connectivity index (χ2v) is 2.15. The molecule has 0 fully saturated rings. The van der Waals surface area contributed by atoms with Crippen molar-refractivity contribution in [3.63, 3.8) is 0 Å². The predicted octanol–water partition coefficient (Wildman–Crippen LogP) is -0.316. The van der Waals surface area contributed by atoms with Gasteiger partial charge in [0.2, 0.25) is 5.91 Å². The van der Waals surface area contributed by atoms with E-state index in [4.69, 9.17) is 10.8 Å². The maximum Gasteiger partial charge on any atom is 0.239 e. The quantitative estimate of drug-likeness (QED) is 0.563. The summed E-state index contributed by atoms with van der Waals surface area (Å²) in [4.78, 5) is 14.5. The number of carbonyl (C=O) groups is 1. The van der Waals surface area contributed by atoms with Crippen LogP contribution in [0.3, 0.4) is 0 Å². The standard InChI is InChI=1S/C7H9N3O2/c8-3-7(12)10-6-2-1-5(11)4-9-6/h1-2,4,11H,3,8H2,(H,9,10,12). The lowest BCUT2D eigenvalue weighted by Crippen LogP contribution is -2.22. The number of hydrogen-bond donors (Lipinski definition) is 3. The minimum absolute atomic E-state index is 0.0562. The number of rotatable bonds is 2. The van der Waals surface area contributed by atoms with Gasteiger partial charge in [0.05, 0.1) is 12.7 Å². The molecule has 0 aliphatic carbocycles. The lowest BCUT2D eigenvalue weighted by molar-refractivity contribution is -0.114. The number of nitrogens with zero attached hydrogens (tertiary/aromatic N) is 1. The number of carbonyl (C=O) groups excluding carboxylic acids is 1. The number of anilines is 1. The van der Waals surface area contributed by atoms with Crippen molar-refractivity contribution in [2.24, 2.45) is 5.73 Å². The van der Waals surface area contributed by atoms with E-state index in [1.54, 1.807) is 0 Å². The predicted molar refractivity (Wildman–Crippen MR) is 43.6 cm³/mol. The largest absolute Gasteiger partial charge is 0.506 e. The Bertz CT molecular complexity index is 270. The average Bonchev–Trinajstić information content (AvgIpc) is 2.09. The lowest BCUT2D eigenvalue weighted by atomic mass is 10.4. The molecule has 0 saturated carbocycles. The lowest BCUT2D eigenvalue weighted by Gasteiger charge is -2.00. The van der Waals surface area contributed by atoms with E-state index in [2.05, 4.69) is 10.3 Å². The normalized spacial score (nSPS) is 9.42. The molecule has 1 aromatic rings. The Hall–Kier alpha value is -1.62. The molecule has 0 spiro atoms. The first-order valence-corrected chi connectivity index (χ1v) is 3.37. The van der Waals surface area contributed by atoms with Crippen molar-refractivity contribution < 1.29 is 9.90 Å². The minimum atomic E-state index is -0.312. The second-order valence-electron chi connectivity index (χ2n) is 2.15. The van der Waals surface area contributed by atoms with Crippen LogP contribution >= 0.6 is 0 Å². The summed E-state index contributed by atoms with van der Waals surface area (Å²) in [5, 5.41) is 11.3. The van der Waals surface area contributed by atoms with Crippen LogP contribution < -0.4 is 11.1 Å². The Morgan fingerprint density at radius 1 is 1.67 bits per heavy atom. The van der Waals surface area contributed by atoms with Crippen molar-refractivity contribution in [1.29, 1.82) is 0 Å². The van der Waals surface area contributed by atoms with Gasteiger partial charge in [-0.2, -0.15) is 0 Å². The molecule has 1 rings (SSSR count). The molecule has 0 saturated heterocycles. The van der Waals surface area contributed by atoms with Crippen LogP contribution in [0, 0.1) is 0 Å². The Balaban J connectivity index is 2.64. The van der Waals surface area contributed by atoms with Crippen LogP contribution in [0.1, 0.15) is 0 Å². The van der Waals surface area contributed by atoms with Gasteiger partial charge in [0.1, 0.15) is 11.6 Å². The van der Waals surface area contributed by atoms with E-state index in [1.165, 1.54) is 18.3 Å². The topological polar surface area (TPSA) is 88.2 Å². The zero-order valence-electron chi connectivity index (χ0n) is 6.32. The Morgan fingerprint density at radius 2 is 2.42 bits per heavy atom. The first kappa shape index (κ1) is 8.48. The Labute approximate surface area is 69.2 Å². The van der Waals surface area contributed by atoms with E-state index in [-0.39, 0.29) is 18.2 Å². The van der Waals surface area contributed by atoms with Crippen molar-refractivity contribution in [3.05, 3.63) is 18.3 Å². The zero-order chi connectivity index (χ0) is 8.97. The molecule has 0 radical (unpaired) electrons. The summed E-state index contributed by atoms with van der Waals surface area (Å²) in [6, 6.07) is 2.92. The van der Waals surface area contributed by atoms with E-state index in [0.29, 0.717) is 5.82 Å². The van der Waals surface area contributed by atoms with E-state index >= 15 is 0 Å². The number of pyridine rings is 1. The van der Waals surface area contributed by atoms with E-state index < -0.39 is 0 Å². The monoisotopic (exact) mass is 167 g/mol. The highest BCUT2D eigenvalue weighted by atomic mass is 16.3. The van der Waals surface area contributed by atoms with Gasteiger partial charge in [-0.3, -0.25) is 4.79 Å². The molecule has 4 N–H and O–H groups in total. The van der Waals surface area contributed by atoms with E-state index in [0.717, 1.165) is 0 Å². The van der Waals surface area contributed by atoms with Crippen LogP contribution in [0.4, 0.5) is 5.82 Å². The summed E-state index contributed by atoms with van der Waals surface area (Å²) < 4.78 is 0. The average molecular weight is 167 g/mol. The van der Waals surface area contributed by atoms with Crippen molar-refractivity contribution in [2.45, 2.75) is 0 Å². The van der Waals surface area contributed by atoms with Gasteiger partial charge in [0, 0.05) is 0 Å². The maximum absolute atomic E-state index is 10.7. The van der Waals surface area contributed by atoms with Gasteiger partial charge >= 0.3 is 0 Å². The minimum Gasteiger partial charge on any atom is -0.506 e. The van der Waals surface area contributed by atoms with E-state index in [1.807, 2.05) is 0 Å². The fraction of sp³-hybridized carbons (Fsp3) is 0.143. The first-order valence-electron chi connectivity index (χ1n) is 3.37. The zero-order valence-corrected chi connectivity index (χ0v) is 6.32. The summed E-state index contributed by atoms with van der Waals surface area (Å²) in [6.45, 7) is -0.0808. The number of amides is 1. The Morgan fingerprint density at radius 3 is 2.92 bits per heavy atom. The molecule has 0 bridgehead atoms. The van der Waals surface area contributed by atoms with Crippen LogP contribution in [0.25, 0.3) is 0 Å². The van der Waals surface area contributed by atoms with E-state index in [9.17, 15) is 4.79 Å². The van der Waals surface area contributed by atoms with Crippen LogP contribution in [0.15, 0.2) is 18.3 Å². The number of nitrogens with one attached hydrogen (secondary N) is 1. The van der Waals surface area contributed by atoms with Gasteiger partial charge in [-0.05, 0) is 12.1 Å². The first-order chi connectivity index (χ1) is 5.72. The summed E-state index contributed by atoms with van der Waals surface area (Å²) in [5.74, 6) is 0.122. The number of aromatic nitrogens is 1. The fourth-order valence-corrected chi connectivity index (χ4v) is 0.654. The molecule has 0 aliphatic heterocycles. The van der Waals surface area contributed by atoms with Crippen molar-refractivity contribution >= 4 is 11.7 Å². The van der Waals surface area contributed by atoms with Gasteiger partial charge in [-0.15, -0.1) is 0 Å². The summed E-state index contributed by atoms with van der Waals surface area (Å²) in [7, 11) is 0. The van der Waals surface area contributed by atoms with Crippen molar-refractivity contribution in [2.75, 3.05) is 11.9 Å². The van der Waals surface area contributed by atoms with Crippen molar-refractivity contribution in [3.8, 4) is 5.75 Å². The van der Waals surface area contributed by atoms with Gasteiger partial charge in [0.15, 0.2) is 0 Å². The molecule has 0 aliphatic rings. The number of aromatic hydroxyl groups is 1. The fourth-order valence-electron chi connectivity index (χ4n) is 0.654. The highest BCUT2D eigenvalue weighted by molar-refractivity contribution is 5.91. The summed E-state index contributed by atoms with van der Waals surface area (Å²) >= 11 is 0. The third-order valence-corrected chi connectivity index (χ3v) is 1.20. The molecule has 5 nitrogen and oxygen atoms in total. The molecular formula is C7H9N3O2.